The molecule has 1 N–H and O–H groups in total. The quantitative estimate of drug-likeness (QED) is 0.479. The molecule has 0 saturated carbocycles. The summed E-state index contributed by atoms with van der Waals surface area (Å²) in [5.74, 6) is 0. The molecule has 0 aliphatic carbocycles. The number of benzene rings is 3. The molecule has 0 spiro atoms. The number of thiazole rings is 1. The molecule has 0 fully saturated rings. The van der Waals surface area contributed by atoms with Crippen molar-refractivity contribution in [2.75, 3.05) is 4.72 Å². The Bertz CT molecular complexity index is 1150. The highest BCUT2D eigenvalue weighted by Crippen LogP contribution is 2.24. The van der Waals surface area contributed by atoms with E-state index in [4.69, 9.17) is 11.6 Å². The minimum Gasteiger partial charge on any atom is -0.280 e. The van der Waals surface area contributed by atoms with Crippen molar-refractivity contribution >= 4 is 48.9 Å². The number of nitrogens with zero attached hydrogens (tertiary/aromatic N) is 1. The lowest BCUT2D eigenvalue weighted by Crippen LogP contribution is -2.12. The topological polar surface area (TPSA) is 59.1 Å². The Labute approximate surface area is 166 Å². The van der Waals surface area contributed by atoms with Crippen molar-refractivity contribution in [3.05, 3.63) is 88.4 Å². The van der Waals surface area contributed by atoms with Crippen LogP contribution in [0, 0.1) is 0 Å². The first kappa shape index (κ1) is 18.0. The van der Waals surface area contributed by atoms with E-state index in [1.165, 1.54) is 16.8 Å². The number of hydrogen-bond donors (Lipinski definition) is 1. The van der Waals surface area contributed by atoms with E-state index < -0.39 is 10.0 Å². The number of rotatable bonds is 5. The smallest absolute Gasteiger partial charge is 0.261 e. The van der Waals surface area contributed by atoms with Crippen molar-refractivity contribution in [3.8, 4) is 0 Å². The zero-order valence-electron chi connectivity index (χ0n) is 14.1. The maximum absolute atomic E-state index is 12.4. The molecule has 0 unspecified atom stereocenters. The molecule has 0 bridgehead atoms. The molecule has 27 heavy (non-hydrogen) atoms. The molecule has 7 heteroatoms. The summed E-state index contributed by atoms with van der Waals surface area (Å²) in [6.07, 6.45) is 0.712. The maximum Gasteiger partial charge on any atom is 0.261 e. The number of hydrogen-bond acceptors (Lipinski definition) is 4. The maximum atomic E-state index is 12.4. The molecule has 3 aromatic carbocycles. The Morgan fingerprint density at radius 3 is 2.33 bits per heavy atom. The molecule has 0 aliphatic heterocycles. The van der Waals surface area contributed by atoms with Gasteiger partial charge in [-0.25, -0.2) is 13.4 Å². The van der Waals surface area contributed by atoms with Gasteiger partial charge < -0.3 is 0 Å². The van der Waals surface area contributed by atoms with Gasteiger partial charge in [0.15, 0.2) is 0 Å². The molecule has 4 nitrogen and oxygen atoms in total. The molecular weight excluding hydrogens is 400 g/mol. The third kappa shape index (κ3) is 4.13. The van der Waals surface area contributed by atoms with Gasteiger partial charge in [-0.05, 0) is 54.1 Å². The third-order valence-electron chi connectivity index (χ3n) is 4.02. The zero-order valence-corrected chi connectivity index (χ0v) is 16.5. The minimum atomic E-state index is -3.64. The van der Waals surface area contributed by atoms with Crippen LogP contribution >= 0.6 is 22.9 Å². The van der Waals surface area contributed by atoms with E-state index in [1.807, 2.05) is 30.3 Å². The molecule has 0 atom stereocenters. The van der Waals surface area contributed by atoms with Crippen LogP contribution in [-0.2, 0) is 16.4 Å². The summed E-state index contributed by atoms with van der Waals surface area (Å²) in [6, 6.07) is 21.4. The van der Waals surface area contributed by atoms with E-state index >= 15 is 0 Å². The second kappa shape index (κ2) is 7.31. The molecule has 1 heterocycles. The summed E-state index contributed by atoms with van der Waals surface area (Å²) < 4.78 is 28.6. The van der Waals surface area contributed by atoms with Crippen molar-refractivity contribution < 1.29 is 8.42 Å². The van der Waals surface area contributed by atoms with Crippen LogP contribution < -0.4 is 4.72 Å². The highest BCUT2D eigenvalue weighted by atomic mass is 35.5. The lowest BCUT2D eigenvalue weighted by atomic mass is 10.1. The second-order valence-corrected chi connectivity index (χ2v) is 9.24. The summed E-state index contributed by atoms with van der Waals surface area (Å²) in [5, 5.41) is 1.53. The molecule has 4 rings (SSSR count). The van der Waals surface area contributed by atoms with Gasteiger partial charge in [0.2, 0.25) is 0 Å². The van der Waals surface area contributed by atoms with Crippen LogP contribution in [0.25, 0.3) is 10.2 Å². The number of anilines is 1. The Balaban J connectivity index is 1.49. The van der Waals surface area contributed by atoms with Crippen LogP contribution in [-0.4, -0.2) is 13.4 Å². The Hall–Kier alpha value is -2.41. The van der Waals surface area contributed by atoms with E-state index in [2.05, 4.69) is 15.8 Å². The van der Waals surface area contributed by atoms with Gasteiger partial charge in [-0.1, -0.05) is 35.9 Å². The predicted molar refractivity (Wildman–Crippen MR) is 111 cm³/mol. The number of sulfonamides is 1. The molecule has 1 aromatic heterocycles. The van der Waals surface area contributed by atoms with E-state index in [1.54, 1.807) is 35.6 Å². The third-order valence-corrected chi connectivity index (χ3v) is 6.71. The summed E-state index contributed by atoms with van der Waals surface area (Å²) in [7, 11) is -3.64. The summed E-state index contributed by atoms with van der Waals surface area (Å²) in [6.45, 7) is 0. The van der Waals surface area contributed by atoms with E-state index in [-0.39, 0.29) is 4.90 Å². The summed E-state index contributed by atoms with van der Waals surface area (Å²) in [4.78, 5) is 4.80. The van der Waals surface area contributed by atoms with Crippen LogP contribution in [0.4, 0.5) is 5.69 Å². The van der Waals surface area contributed by atoms with Crippen molar-refractivity contribution in [2.45, 2.75) is 11.3 Å². The predicted octanol–water partition coefficient (Wildman–Crippen LogP) is 5.34. The van der Waals surface area contributed by atoms with E-state index in [9.17, 15) is 8.42 Å². The molecule has 0 aliphatic rings. The summed E-state index contributed by atoms with van der Waals surface area (Å²) >= 11 is 7.48. The normalized spacial score (nSPS) is 11.6. The molecule has 136 valence electrons. The van der Waals surface area contributed by atoms with Gasteiger partial charge in [0, 0.05) is 17.1 Å². The van der Waals surface area contributed by atoms with Gasteiger partial charge in [0.1, 0.15) is 0 Å². The molecule has 0 amide bonds. The monoisotopic (exact) mass is 414 g/mol. The van der Waals surface area contributed by atoms with Crippen LogP contribution in [0.2, 0.25) is 5.02 Å². The highest BCUT2D eigenvalue weighted by Gasteiger charge is 2.14. The van der Waals surface area contributed by atoms with Crippen LogP contribution in [0.15, 0.2) is 77.7 Å². The van der Waals surface area contributed by atoms with Crippen LogP contribution in [0.1, 0.15) is 10.6 Å². The number of para-hydroxylation sites is 1. The van der Waals surface area contributed by atoms with Crippen molar-refractivity contribution in [1.29, 1.82) is 0 Å². The molecular formula is C20H15ClN2O2S2. The minimum absolute atomic E-state index is 0.172. The largest absolute Gasteiger partial charge is 0.280 e. The average Bonchev–Trinajstić information content (AvgIpc) is 3.06. The van der Waals surface area contributed by atoms with Gasteiger partial charge >= 0.3 is 0 Å². The first-order valence-corrected chi connectivity index (χ1v) is 10.9. The summed E-state index contributed by atoms with van der Waals surface area (Å²) in [5.41, 5.74) is 2.59. The Kier molecular flexibility index (Phi) is 4.86. The number of fused-ring (bicyclic) bond motifs is 1. The van der Waals surface area contributed by atoms with E-state index in [0.717, 1.165) is 16.1 Å². The lowest BCUT2D eigenvalue weighted by Gasteiger charge is -2.09. The van der Waals surface area contributed by atoms with Crippen molar-refractivity contribution in [1.82, 2.24) is 4.98 Å². The Morgan fingerprint density at radius 1 is 0.926 bits per heavy atom. The van der Waals surface area contributed by atoms with Gasteiger partial charge in [-0.3, -0.25) is 4.72 Å². The SMILES string of the molecule is O=S(=O)(Nc1ccc(Cc2nc3ccccc3s2)cc1)c1ccc(Cl)cc1. The zero-order chi connectivity index (χ0) is 18.9. The number of nitrogens with one attached hydrogen (secondary N) is 1. The molecule has 0 radical (unpaired) electrons. The van der Waals surface area contributed by atoms with Gasteiger partial charge in [0.05, 0.1) is 20.1 Å². The fourth-order valence-corrected chi connectivity index (χ4v) is 4.87. The average molecular weight is 415 g/mol. The van der Waals surface area contributed by atoms with Crippen LogP contribution in [0.3, 0.4) is 0 Å². The van der Waals surface area contributed by atoms with Crippen molar-refractivity contribution in [2.24, 2.45) is 0 Å². The first-order valence-electron chi connectivity index (χ1n) is 8.21. The number of halogens is 1. The van der Waals surface area contributed by atoms with Crippen LogP contribution in [0.5, 0.6) is 0 Å². The Morgan fingerprint density at radius 2 is 1.63 bits per heavy atom. The van der Waals surface area contributed by atoms with E-state index in [0.29, 0.717) is 17.1 Å². The second-order valence-electron chi connectivity index (χ2n) is 6.01. The van der Waals surface area contributed by atoms with Gasteiger partial charge in [-0.2, -0.15) is 0 Å². The standard InChI is InChI=1S/C20H15ClN2O2S2/c21-15-7-11-17(12-8-15)27(24,25)23-16-9-5-14(6-10-16)13-20-22-18-3-1-2-4-19(18)26-20/h1-12,23H,13H2. The first-order chi connectivity index (χ1) is 13.0. The van der Waals surface area contributed by atoms with Gasteiger partial charge in [-0.15, -0.1) is 11.3 Å². The fourth-order valence-electron chi connectivity index (χ4n) is 2.69. The number of aromatic nitrogens is 1. The highest BCUT2D eigenvalue weighted by molar-refractivity contribution is 7.92. The molecule has 0 saturated heterocycles. The van der Waals surface area contributed by atoms with Gasteiger partial charge in [0.25, 0.3) is 10.0 Å². The lowest BCUT2D eigenvalue weighted by molar-refractivity contribution is 0.601. The molecule has 4 aromatic rings. The fraction of sp³-hybridized carbons (Fsp3) is 0.0500. The van der Waals surface area contributed by atoms with Crippen molar-refractivity contribution in [3.63, 3.8) is 0 Å².